The molecule has 12 heteroatoms. The molecule has 0 radical (unpaired) electrons. The minimum Gasteiger partial charge on any atom is -0.468 e. The number of alkyl halides is 3. The molecule has 0 amide bonds. The highest BCUT2D eigenvalue weighted by atomic mass is 32.3. The van der Waals surface area contributed by atoms with Crippen molar-refractivity contribution in [2.24, 2.45) is 0 Å². The molecule has 0 rings (SSSR count). The second-order valence-electron chi connectivity index (χ2n) is 2.67. The molecule has 0 aromatic rings. The number of carbonyl (C=O) groups excluding carboxylic acids is 1. The first-order chi connectivity index (χ1) is 7.52. The third-order valence-corrected chi connectivity index (χ3v) is 4.61. The molecule has 1 N–H and O–H groups in total. The van der Waals surface area contributed by atoms with Crippen LogP contribution in [0.2, 0.25) is 0 Å². The number of rotatable bonds is 7. The third kappa shape index (κ3) is 5.83. The van der Waals surface area contributed by atoms with E-state index in [0.29, 0.717) is 4.13 Å². The second kappa shape index (κ2) is 5.64. The summed E-state index contributed by atoms with van der Waals surface area (Å²) in [6.45, 7) is -0.330. The summed E-state index contributed by atoms with van der Waals surface area (Å²) in [6.07, 6.45) is -0.332. The van der Waals surface area contributed by atoms with Gasteiger partial charge in [-0.2, -0.15) is 13.2 Å². The van der Waals surface area contributed by atoms with Crippen LogP contribution in [0.3, 0.4) is 0 Å². The maximum atomic E-state index is 11.8. The zero-order valence-corrected chi connectivity index (χ0v) is 9.73. The first-order valence-electron chi connectivity index (χ1n) is 3.89. The Balaban J connectivity index is 4.52. The third-order valence-electron chi connectivity index (χ3n) is 1.28. The quantitative estimate of drug-likeness (QED) is 0.493. The van der Waals surface area contributed by atoms with Gasteiger partial charge in [0, 0.05) is 0 Å². The summed E-state index contributed by atoms with van der Waals surface area (Å²) in [7, 11) is -10.6. The molecule has 0 heterocycles. The van der Waals surface area contributed by atoms with Gasteiger partial charge in [-0.25, -0.2) is 16.8 Å². The lowest BCUT2D eigenvalue weighted by Crippen LogP contribution is -2.41. The largest absolute Gasteiger partial charge is 0.512 e. The van der Waals surface area contributed by atoms with Crippen molar-refractivity contribution < 1.29 is 39.5 Å². The number of hydrogen-bond donors (Lipinski definition) is 1. The number of hydrogen-bond acceptors (Lipinski definition) is 6. The zero-order valence-electron chi connectivity index (χ0n) is 8.10. The predicted molar refractivity (Wildman–Crippen MR) is 48.5 cm³/mol. The number of carbonyl (C=O) groups is 1. The van der Waals surface area contributed by atoms with Crippen LogP contribution in [-0.4, -0.2) is 41.2 Å². The first kappa shape index (κ1) is 16.1. The number of sulfonamides is 2. The zero-order chi connectivity index (χ0) is 13.7. The Kier molecular flexibility index (Phi) is 5.35. The molecule has 7 nitrogen and oxygen atoms in total. The van der Waals surface area contributed by atoms with E-state index in [0.717, 1.165) is 0 Å². The van der Waals surface area contributed by atoms with Crippen molar-refractivity contribution in [2.75, 3.05) is 12.4 Å². The Morgan fingerprint density at radius 2 is 1.71 bits per heavy atom. The highest BCUT2D eigenvalue weighted by molar-refractivity contribution is 8.05. The van der Waals surface area contributed by atoms with E-state index < -0.39 is 31.3 Å². The highest BCUT2D eigenvalue weighted by Gasteiger charge is 2.48. The average molecular weight is 299 g/mol. The summed E-state index contributed by atoms with van der Waals surface area (Å²) in [5.41, 5.74) is -5.71. The molecule has 0 bridgehead atoms. The van der Waals surface area contributed by atoms with E-state index in [9.17, 15) is 34.8 Å². The van der Waals surface area contributed by atoms with Crippen LogP contribution in [0.15, 0.2) is 0 Å². The van der Waals surface area contributed by atoms with Gasteiger partial charge in [-0.3, -0.25) is 4.79 Å². The standard InChI is InChI=1S/C5H8F3NO6S2/c6-5(7,8)17(13,14)9-16(11,12)3-1-2-15-4-10/h4,9H,1-3H2. The fourth-order valence-electron chi connectivity index (χ4n) is 0.636. The Labute approximate surface area is 95.0 Å². The normalized spacial score (nSPS) is 13.4. The van der Waals surface area contributed by atoms with Crippen LogP contribution < -0.4 is 4.13 Å². The van der Waals surface area contributed by atoms with Gasteiger partial charge in [0.2, 0.25) is 10.0 Å². The summed E-state index contributed by atoms with van der Waals surface area (Å²) in [4.78, 5) is 9.66. The van der Waals surface area contributed by atoms with Crippen LogP contribution in [0.1, 0.15) is 6.42 Å². The molecular weight excluding hydrogens is 291 g/mol. The maximum Gasteiger partial charge on any atom is 0.512 e. The first-order valence-corrected chi connectivity index (χ1v) is 7.03. The fraction of sp³-hybridized carbons (Fsp3) is 0.800. The van der Waals surface area contributed by atoms with E-state index in [1.54, 1.807) is 0 Å². The van der Waals surface area contributed by atoms with Crippen molar-refractivity contribution in [3.05, 3.63) is 0 Å². The molecule has 0 aromatic heterocycles. The van der Waals surface area contributed by atoms with Gasteiger partial charge in [0.1, 0.15) is 0 Å². The number of ether oxygens (including phenoxy) is 1. The molecule has 0 aromatic carbocycles. The van der Waals surface area contributed by atoms with Gasteiger partial charge < -0.3 is 4.74 Å². The lowest BCUT2D eigenvalue weighted by molar-refractivity contribution is -0.128. The molecule has 0 fully saturated rings. The molecule has 0 unspecified atom stereocenters. The SMILES string of the molecule is O=COCCCS(=O)(=O)NS(=O)(=O)C(F)(F)F. The van der Waals surface area contributed by atoms with Gasteiger partial charge in [-0.1, -0.05) is 0 Å². The summed E-state index contributed by atoms with van der Waals surface area (Å²) in [6, 6.07) is 0. The molecule has 0 saturated carbocycles. The summed E-state index contributed by atoms with van der Waals surface area (Å²) >= 11 is 0. The molecule has 0 aliphatic rings. The van der Waals surface area contributed by atoms with Crippen molar-refractivity contribution in [3.8, 4) is 0 Å². The molecule has 17 heavy (non-hydrogen) atoms. The molecule has 0 spiro atoms. The molecule has 0 aliphatic carbocycles. The van der Waals surface area contributed by atoms with E-state index in [1.165, 1.54) is 0 Å². The maximum absolute atomic E-state index is 11.8. The second-order valence-corrected chi connectivity index (χ2v) is 6.45. The van der Waals surface area contributed by atoms with E-state index in [2.05, 4.69) is 4.74 Å². The Morgan fingerprint density at radius 3 is 2.12 bits per heavy atom. The van der Waals surface area contributed by atoms with Crippen LogP contribution >= 0.6 is 0 Å². The summed E-state index contributed by atoms with van der Waals surface area (Å²) in [5, 5.41) is 0. The number of nitrogens with one attached hydrogen (secondary N) is 1. The van der Waals surface area contributed by atoms with Crippen LogP contribution in [-0.2, 0) is 29.6 Å². The molecule has 0 atom stereocenters. The van der Waals surface area contributed by atoms with Gasteiger partial charge in [0.05, 0.1) is 12.4 Å². The van der Waals surface area contributed by atoms with Crippen LogP contribution in [0.25, 0.3) is 0 Å². The van der Waals surface area contributed by atoms with Crippen molar-refractivity contribution >= 4 is 26.5 Å². The lowest BCUT2D eigenvalue weighted by Gasteiger charge is -2.09. The molecule has 102 valence electrons. The fourth-order valence-corrected chi connectivity index (χ4v) is 3.18. The van der Waals surface area contributed by atoms with E-state index >= 15 is 0 Å². The van der Waals surface area contributed by atoms with Gasteiger partial charge in [0.25, 0.3) is 6.47 Å². The topological polar surface area (TPSA) is 107 Å². The van der Waals surface area contributed by atoms with Gasteiger partial charge in [-0.15, -0.1) is 4.13 Å². The van der Waals surface area contributed by atoms with Crippen LogP contribution in [0.4, 0.5) is 13.2 Å². The predicted octanol–water partition coefficient (Wildman–Crippen LogP) is -0.681. The van der Waals surface area contributed by atoms with Crippen molar-refractivity contribution in [1.29, 1.82) is 0 Å². The number of halogens is 3. The van der Waals surface area contributed by atoms with Gasteiger partial charge >= 0.3 is 15.5 Å². The lowest BCUT2D eigenvalue weighted by atomic mass is 10.5. The Hall–Kier alpha value is -0.880. The van der Waals surface area contributed by atoms with E-state index in [-0.39, 0.29) is 19.5 Å². The monoisotopic (exact) mass is 299 g/mol. The van der Waals surface area contributed by atoms with Gasteiger partial charge in [-0.05, 0) is 6.42 Å². The van der Waals surface area contributed by atoms with E-state index in [4.69, 9.17) is 0 Å². The average Bonchev–Trinajstić information content (AvgIpc) is 2.09. The van der Waals surface area contributed by atoms with Crippen LogP contribution in [0, 0.1) is 0 Å². The van der Waals surface area contributed by atoms with Crippen LogP contribution in [0.5, 0.6) is 0 Å². The van der Waals surface area contributed by atoms with E-state index in [1.807, 2.05) is 0 Å². The van der Waals surface area contributed by atoms with Gasteiger partial charge in [0.15, 0.2) is 0 Å². The highest BCUT2D eigenvalue weighted by Crippen LogP contribution is 2.22. The van der Waals surface area contributed by atoms with Crippen molar-refractivity contribution in [3.63, 3.8) is 0 Å². The smallest absolute Gasteiger partial charge is 0.468 e. The van der Waals surface area contributed by atoms with Crippen molar-refractivity contribution in [1.82, 2.24) is 4.13 Å². The molecule has 0 aliphatic heterocycles. The van der Waals surface area contributed by atoms with Crippen molar-refractivity contribution in [2.45, 2.75) is 11.9 Å². The minimum absolute atomic E-state index is 0.0203. The Bertz CT molecular complexity index is 453. The Morgan fingerprint density at radius 1 is 1.18 bits per heavy atom. The summed E-state index contributed by atoms with van der Waals surface area (Å²) in [5.74, 6) is -0.920. The minimum atomic E-state index is -5.95. The molecule has 0 saturated heterocycles. The summed E-state index contributed by atoms with van der Waals surface area (Å²) < 4.78 is 82.8. The molecular formula is C5H8F3NO6S2.